The number of hydrogen-bond donors (Lipinski definition) is 4. The van der Waals surface area contributed by atoms with Crippen LogP contribution in [-0.4, -0.2) is 95.3 Å². The number of aromatic nitrogens is 1. The molecule has 1 fully saturated rings. The molecular formula is C36H45N7O6. The number of fused-ring (bicyclic) bond motifs is 2. The van der Waals surface area contributed by atoms with Gasteiger partial charge >= 0.3 is 0 Å². The van der Waals surface area contributed by atoms with Crippen molar-refractivity contribution in [1.82, 2.24) is 36.2 Å². The van der Waals surface area contributed by atoms with Crippen molar-refractivity contribution < 1.29 is 28.5 Å². The maximum absolute atomic E-state index is 13.8. The third kappa shape index (κ3) is 9.99. The molecule has 2 aromatic carbocycles. The van der Waals surface area contributed by atoms with Crippen LogP contribution in [0.4, 0.5) is 0 Å². The molecule has 13 heteroatoms. The molecule has 1 aromatic heterocycles. The van der Waals surface area contributed by atoms with Crippen LogP contribution >= 0.6 is 0 Å². The van der Waals surface area contributed by atoms with Crippen LogP contribution in [0.25, 0.3) is 0 Å². The quantitative estimate of drug-likeness (QED) is 0.294. The van der Waals surface area contributed by atoms with Gasteiger partial charge in [-0.3, -0.25) is 28.9 Å². The molecule has 5 amide bonds. The maximum atomic E-state index is 13.8. The third-order valence-electron chi connectivity index (χ3n) is 9.08. The van der Waals surface area contributed by atoms with E-state index in [1.807, 2.05) is 67.7 Å². The molecule has 0 spiro atoms. The van der Waals surface area contributed by atoms with Gasteiger partial charge in [-0.2, -0.15) is 0 Å². The Kier molecular flexibility index (Phi) is 12.1. The number of nitrogens with one attached hydrogen (secondary N) is 4. The molecule has 3 aromatic rings. The molecule has 5 rings (SSSR count). The molecule has 2 bridgehead atoms. The number of likely N-dealkylation sites (N-methyl/N-ethyl adjacent to an activating group) is 1. The molecule has 4 N–H and O–H groups in total. The van der Waals surface area contributed by atoms with Gasteiger partial charge in [0, 0.05) is 38.0 Å². The molecule has 0 radical (unpaired) electrons. The summed E-state index contributed by atoms with van der Waals surface area (Å²) in [5.74, 6) is -2.10. The number of carbonyl (C=O) groups is 5. The first-order valence-electron chi connectivity index (χ1n) is 16.9. The van der Waals surface area contributed by atoms with E-state index in [2.05, 4.69) is 31.3 Å². The molecule has 3 atom stereocenters. The van der Waals surface area contributed by atoms with Gasteiger partial charge in [0.15, 0.2) is 11.5 Å². The minimum absolute atomic E-state index is 0.0227. The lowest BCUT2D eigenvalue weighted by Gasteiger charge is -2.28. The van der Waals surface area contributed by atoms with Crippen LogP contribution in [-0.2, 0) is 38.6 Å². The molecule has 2 heterocycles. The van der Waals surface area contributed by atoms with Crippen LogP contribution < -0.4 is 21.3 Å². The van der Waals surface area contributed by atoms with E-state index in [0.717, 1.165) is 36.8 Å². The molecule has 0 unspecified atom stereocenters. The first-order chi connectivity index (χ1) is 23.7. The van der Waals surface area contributed by atoms with E-state index in [-0.39, 0.29) is 56.4 Å². The van der Waals surface area contributed by atoms with Gasteiger partial charge in [-0.25, -0.2) is 0 Å². The maximum Gasteiger partial charge on any atom is 0.274 e. The summed E-state index contributed by atoms with van der Waals surface area (Å²) < 4.78 is 5.44. The van der Waals surface area contributed by atoms with Crippen molar-refractivity contribution in [3.8, 4) is 0 Å². The number of nitrogens with zero attached hydrogens (tertiary/aromatic N) is 3. The Balaban J connectivity index is 1.41. The minimum atomic E-state index is -1.05. The van der Waals surface area contributed by atoms with Gasteiger partial charge in [-0.05, 0) is 37.9 Å². The predicted octanol–water partition coefficient (Wildman–Crippen LogP) is 1.58. The van der Waals surface area contributed by atoms with Crippen LogP contribution in [0.2, 0.25) is 0 Å². The molecule has 1 aliphatic heterocycles. The van der Waals surface area contributed by atoms with Crippen LogP contribution in [0.5, 0.6) is 0 Å². The molecule has 49 heavy (non-hydrogen) atoms. The highest BCUT2D eigenvalue weighted by molar-refractivity contribution is 5.97. The van der Waals surface area contributed by atoms with Crippen molar-refractivity contribution >= 4 is 29.5 Å². The first-order valence-corrected chi connectivity index (χ1v) is 16.9. The van der Waals surface area contributed by atoms with Gasteiger partial charge in [0.1, 0.15) is 18.1 Å². The number of hydrogen-bond acceptors (Lipinski definition) is 8. The average Bonchev–Trinajstić information content (AvgIpc) is 3.81. The highest BCUT2D eigenvalue weighted by atomic mass is 16.5. The van der Waals surface area contributed by atoms with Crippen LogP contribution in [0, 0.1) is 0 Å². The highest BCUT2D eigenvalue weighted by Gasteiger charge is 2.30. The second kappa shape index (κ2) is 16.9. The smallest absolute Gasteiger partial charge is 0.274 e. The van der Waals surface area contributed by atoms with Crippen molar-refractivity contribution in [3.05, 3.63) is 89.3 Å². The Labute approximate surface area is 286 Å². The largest absolute Gasteiger partial charge is 0.359 e. The number of amides is 5. The summed E-state index contributed by atoms with van der Waals surface area (Å²) in [4.78, 5) is 71.1. The van der Waals surface area contributed by atoms with E-state index in [1.165, 1.54) is 13.0 Å². The number of benzene rings is 2. The summed E-state index contributed by atoms with van der Waals surface area (Å²) in [6, 6.07) is 17.2. The van der Waals surface area contributed by atoms with E-state index >= 15 is 0 Å². The number of carbonyl (C=O) groups excluding carboxylic acids is 5. The summed E-state index contributed by atoms with van der Waals surface area (Å²) in [7, 11) is 1.94. The standard InChI is InChI=1S/C36H45N7O6/c1-24-33(45)39-30(20-26-13-7-4-8-14-26)35(47)40-29(19-25-11-5-3-6-12-25)34(46)37-17-18-43(22-28-21-31(41-49-28)36(48)38-24)32(44)23-42(2)27-15-9-10-16-27/h3-8,11-14,21,24,27,29-30H,9-10,15-20,22-23H2,1-2H3,(H,37,46)(H,38,48)(H,39,45)(H,40,47)/t24-,29+,30-/m0/s1. The minimum Gasteiger partial charge on any atom is -0.359 e. The summed E-state index contributed by atoms with van der Waals surface area (Å²) >= 11 is 0. The van der Waals surface area contributed by atoms with Crippen LogP contribution in [0.1, 0.15) is 60.0 Å². The normalized spacial score (nSPS) is 21.7. The molecule has 0 saturated heterocycles. The van der Waals surface area contributed by atoms with E-state index in [0.29, 0.717) is 6.04 Å². The molecule has 1 saturated carbocycles. The fourth-order valence-electron chi connectivity index (χ4n) is 6.22. The van der Waals surface area contributed by atoms with Gasteiger partial charge in [0.25, 0.3) is 5.91 Å². The SMILES string of the molecule is C[C@@H]1NC(=O)c2cc(on2)CN(C(=O)CN(C)C2CCCC2)CCNC(=O)[C@@H](Cc2ccccc2)NC(=O)[C@H](Cc2ccccc2)NC1=O. The topological polar surface area (TPSA) is 166 Å². The zero-order chi connectivity index (χ0) is 34.8. The lowest BCUT2D eigenvalue weighted by atomic mass is 10.0. The highest BCUT2D eigenvalue weighted by Crippen LogP contribution is 2.22. The lowest BCUT2D eigenvalue weighted by Crippen LogP contribution is -2.57. The van der Waals surface area contributed by atoms with Crippen molar-refractivity contribution in [2.24, 2.45) is 0 Å². The van der Waals surface area contributed by atoms with E-state index in [4.69, 9.17) is 4.52 Å². The van der Waals surface area contributed by atoms with Crippen molar-refractivity contribution in [1.29, 1.82) is 0 Å². The molecular weight excluding hydrogens is 626 g/mol. The number of rotatable bonds is 7. The monoisotopic (exact) mass is 671 g/mol. The fraction of sp³-hybridized carbons (Fsp3) is 0.444. The second-order valence-corrected chi connectivity index (χ2v) is 12.8. The Bertz CT molecular complexity index is 1590. The average molecular weight is 672 g/mol. The van der Waals surface area contributed by atoms with Crippen LogP contribution in [0.3, 0.4) is 0 Å². The van der Waals surface area contributed by atoms with Gasteiger partial charge < -0.3 is 30.7 Å². The second-order valence-electron chi connectivity index (χ2n) is 12.8. The van der Waals surface area contributed by atoms with Gasteiger partial charge in [-0.15, -0.1) is 0 Å². The van der Waals surface area contributed by atoms with Crippen molar-refractivity contribution in [2.75, 3.05) is 26.7 Å². The van der Waals surface area contributed by atoms with E-state index < -0.39 is 41.8 Å². The van der Waals surface area contributed by atoms with Gasteiger partial charge in [0.2, 0.25) is 23.6 Å². The Morgan fingerprint density at radius 3 is 2.08 bits per heavy atom. The predicted molar refractivity (Wildman–Crippen MR) is 181 cm³/mol. The van der Waals surface area contributed by atoms with Crippen LogP contribution in [0.15, 0.2) is 71.3 Å². The summed E-state index contributed by atoms with van der Waals surface area (Å²) in [6.45, 7) is 1.96. The Morgan fingerprint density at radius 2 is 1.45 bits per heavy atom. The van der Waals surface area contributed by atoms with Gasteiger partial charge in [0.05, 0.1) is 13.1 Å². The zero-order valence-corrected chi connectivity index (χ0v) is 28.0. The van der Waals surface area contributed by atoms with Gasteiger partial charge in [-0.1, -0.05) is 78.7 Å². The van der Waals surface area contributed by atoms with Crippen molar-refractivity contribution in [2.45, 2.75) is 76.2 Å². The molecule has 2 aliphatic rings. The molecule has 260 valence electrons. The van der Waals surface area contributed by atoms with E-state index in [1.54, 1.807) is 4.90 Å². The third-order valence-corrected chi connectivity index (χ3v) is 9.08. The molecule has 13 nitrogen and oxygen atoms in total. The summed E-state index contributed by atoms with van der Waals surface area (Å²) in [5.41, 5.74) is 1.57. The van der Waals surface area contributed by atoms with Crippen molar-refractivity contribution in [3.63, 3.8) is 0 Å². The zero-order valence-electron chi connectivity index (χ0n) is 28.0. The van der Waals surface area contributed by atoms with E-state index in [9.17, 15) is 24.0 Å². The first kappa shape index (κ1) is 35.3. The lowest BCUT2D eigenvalue weighted by molar-refractivity contribution is -0.134. The summed E-state index contributed by atoms with van der Waals surface area (Å²) in [5, 5.41) is 15.0. The fourth-order valence-corrected chi connectivity index (χ4v) is 6.22. The Hall–Kier alpha value is -5.04. The Morgan fingerprint density at radius 1 is 0.857 bits per heavy atom. The summed E-state index contributed by atoms with van der Waals surface area (Å²) in [6.07, 6.45) is 4.70. The molecule has 1 aliphatic carbocycles.